The molecular formula is C30H39LiN2O4S. The number of carboxylic acids is 1. The minimum Gasteiger partial charge on any atom is -0.548 e. The van der Waals surface area contributed by atoms with Gasteiger partial charge in [0.2, 0.25) is 5.91 Å². The quantitative estimate of drug-likeness (QED) is 0.421. The van der Waals surface area contributed by atoms with Crippen LogP contribution in [-0.2, 0) is 16.1 Å². The number of amides is 2. The number of nitrogens with zero attached hydrogens (tertiary/aromatic N) is 1. The molecule has 0 heterocycles. The zero-order valence-electron chi connectivity index (χ0n) is 23.3. The molecule has 3 rings (SSSR count). The summed E-state index contributed by atoms with van der Waals surface area (Å²) in [7, 11) is 0. The number of carbonyl (C=O) groups is 3. The maximum absolute atomic E-state index is 13.3. The van der Waals surface area contributed by atoms with Crippen LogP contribution in [0.3, 0.4) is 0 Å². The molecule has 0 unspecified atom stereocenters. The molecule has 0 saturated heterocycles. The Morgan fingerprint density at radius 1 is 1.08 bits per heavy atom. The van der Waals surface area contributed by atoms with Gasteiger partial charge in [-0.15, -0.1) is 0 Å². The average Bonchev–Trinajstić information content (AvgIpc) is 2.89. The fourth-order valence-electron chi connectivity index (χ4n) is 5.09. The Bertz CT molecular complexity index is 1090. The van der Waals surface area contributed by atoms with Crippen LogP contribution in [0.2, 0.25) is 0 Å². The van der Waals surface area contributed by atoms with E-state index in [0.717, 1.165) is 35.2 Å². The predicted octanol–water partition coefficient (Wildman–Crippen LogP) is 1.59. The van der Waals surface area contributed by atoms with E-state index in [1.807, 2.05) is 54.5 Å². The van der Waals surface area contributed by atoms with Gasteiger partial charge in [0, 0.05) is 25.6 Å². The van der Waals surface area contributed by atoms with Crippen LogP contribution in [0.4, 0.5) is 0 Å². The van der Waals surface area contributed by atoms with E-state index in [4.69, 9.17) is 0 Å². The number of hydrogen-bond acceptors (Lipinski definition) is 5. The van der Waals surface area contributed by atoms with Crippen molar-refractivity contribution in [3.05, 3.63) is 59.2 Å². The number of benzene rings is 2. The third kappa shape index (κ3) is 9.22. The number of thioether (sulfide) groups is 1. The van der Waals surface area contributed by atoms with E-state index in [-0.39, 0.29) is 24.8 Å². The van der Waals surface area contributed by atoms with Gasteiger partial charge in [0.1, 0.15) is 0 Å². The maximum atomic E-state index is 13.3. The first-order valence-electron chi connectivity index (χ1n) is 13.2. The Kier molecular flexibility index (Phi) is 13.5. The van der Waals surface area contributed by atoms with Gasteiger partial charge in [0.15, 0.2) is 0 Å². The van der Waals surface area contributed by atoms with Gasteiger partial charge in [-0.1, -0.05) is 62.4 Å². The predicted molar refractivity (Wildman–Crippen MR) is 148 cm³/mol. The van der Waals surface area contributed by atoms with E-state index in [0.29, 0.717) is 30.2 Å². The summed E-state index contributed by atoms with van der Waals surface area (Å²) in [5.41, 5.74) is 3.98. The second-order valence-electron chi connectivity index (χ2n) is 10.1. The third-order valence-corrected chi connectivity index (χ3v) is 7.96. The molecule has 1 N–H and O–H groups in total. The fourth-order valence-corrected chi connectivity index (χ4v) is 5.56. The molecule has 2 aromatic rings. The molecule has 38 heavy (non-hydrogen) atoms. The SMILES string of the molecule is CSCC[C@H](NC(=O)c1ccc(CN(CCC2CCCCC2)C(C)=O)cc1-c1ccccc1C)C(=O)[O-].[Li+]. The second-order valence-corrected chi connectivity index (χ2v) is 11.0. The Hall–Kier alpha value is -2.20. The molecule has 1 saturated carbocycles. The van der Waals surface area contributed by atoms with Gasteiger partial charge in [-0.2, -0.15) is 11.8 Å². The van der Waals surface area contributed by atoms with Gasteiger partial charge in [0.25, 0.3) is 5.91 Å². The van der Waals surface area contributed by atoms with Crippen molar-refractivity contribution in [3.8, 4) is 11.1 Å². The van der Waals surface area contributed by atoms with E-state index in [1.54, 1.807) is 13.0 Å². The summed E-state index contributed by atoms with van der Waals surface area (Å²) < 4.78 is 0. The monoisotopic (exact) mass is 530 g/mol. The minimum atomic E-state index is -1.29. The van der Waals surface area contributed by atoms with Crippen molar-refractivity contribution in [3.63, 3.8) is 0 Å². The van der Waals surface area contributed by atoms with Crippen molar-refractivity contribution >= 4 is 29.5 Å². The van der Waals surface area contributed by atoms with E-state index in [9.17, 15) is 19.5 Å². The molecule has 2 amide bonds. The molecule has 6 nitrogen and oxygen atoms in total. The smallest absolute Gasteiger partial charge is 0.548 e. The molecule has 0 radical (unpaired) electrons. The first-order valence-corrected chi connectivity index (χ1v) is 14.6. The number of rotatable bonds is 12. The van der Waals surface area contributed by atoms with E-state index in [2.05, 4.69) is 5.32 Å². The Labute approximate surface area is 243 Å². The molecule has 8 heteroatoms. The van der Waals surface area contributed by atoms with Gasteiger partial charge in [-0.25, -0.2) is 0 Å². The van der Waals surface area contributed by atoms with Crippen molar-refractivity contribution in [1.29, 1.82) is 0 Å². The molecule has 0 aromatic heterocycles. The third-order valence-electron chi connectivity index (χ3n) is 7.32. The van der Waals surface area contributed by atoms with Gasteiger partial charge in [-0.05, 0) is 72.1 Å². The average molecular weight is 531 g/mol. The molecule has 0 bridgehead atoms. The zero-order chi connectivity index (χ0) is 26.8. The number of aryl methyl sites for hydroxylation is 1. The van der Waals surface area contributed by atoms with Gasteiger partial charge in [-0.3, -0.25) is 9.59 Å². The van der Waals surface area contributed by atoms with Crippen LogP contribution in [0, 0.1) is 12.8 Å². The van der Waals surface area contributed by atoms with Crippen LogP contribution >= 0.6 is 11.8 Å². The number of nitrogens with one attached hydrogen (secondary N) is 1. The van der Waals surface area contributed by atoms with E-state index >= 15 is 0 Å². The second kappa shape index (κ2) is 16.0. The first kappa shape index (κ1) is 32.0. The van der Waals surface area contributed by atoms with Gasteiger partial charge in [0.05, 0.1) is 12.0 Å². The summed E-state index contributed by atoms with van der Waals surface area (Å²) in [4.78, 5) is 39.3. The minimum absolute atomic E-state index is 0. The molecule has 1 aliphatic rings. The largest absolute Gasteiger partial charge is 1.00 e. The molecule has 1 fully saturated rings. The Morgan fingerprint density at radius 3 is 2.42 bits per heavy atom. The Morgan fingerprint density at radius 2 is 1.79 bits per heavy atom. The van der Waals surface area contributed by atoms with Crippen LogP contribution < -0.4 is 29.3 Å². The van der Waals surface area contributed by atoms with E-state index < -0.39 is 17.9 Å². The molecular weight excluding hydrogens is 491 g/mol. The first-order chi connectivity index (χ1) is 17.8. The maximum Gasteiger partial charge on any atom is 1.00 e. The summed E-state index contributed by atoms with van der Waals surface area (Å²) in [5, 5.41) is 14.3. The summed E-state index contributed by atoms with van der Waals surface area (Å²) in [6.07, 6.45) is 9.58. The summed E-state index contributed by atoms with van der Waals surface area (Å²) >= 11 is 1.52. The van der Waals surface area contributed by atoms with Crippen molar-refractivity contribution in [2.45, 2.75) is 71.4 Å². The van der Waals surface area contributed by atoms with Gasteiger partial charge >= 0.3 is 18.9 Å². The van der Waals surface area contributed by atoms with E-state index in [1.165, 1.54) is 43.9 Å². The van der Waals surface area contributed by atoms with Crippen LogP contribution in [0.1, 0.15) is 73.4 Å². The molecule has 200 valence electrons. The standard InChI is InChI=1S/C30H40N2O4S.Li/c1-21-9-7-8-12-25(21)27-19-24(20-32(22(2)33)17-15-23-10-5-4-6-11-23)13-14-26(27)29(34)31-28(30(35)36)16-18-37-3;/h7-9,12-14,19,23,28H,4-6,10-11,15-18,20H2,1-3H3,(H,31,34)(H,35,36);/q;+1/p-1/t28-;/m0./s1. The van der Waals surface area contributed by atoms with Crippen LogP contribution in [0.15, 0.2) is 42.5 Å². The number of aliphatic carboxylic acids is 1. The summed E-state index contributed by atoms with van der Waals surface area (Å²) in [6.45, 7) is 4.79. The van der Waals surface area contributed by atoms with Crippen molar-refractivity contribution in [2.75, 3.05) is 18.6 Å². The van der Waals surface area contributed by atoms with Crippen LogP contribution in [-0.4, -0.2) is 47.3 Å². The molecule has 2 aromatic carbocycles. The topological polar surface area (TPSA) is 89.5 Å². The summed E-state index contributed by atoms with van der Waals surface area (Å²) in [5.74, 6) is -0.399. The van der Waals surface area contributed by atoms with Crippen molar-refractivity contribution < 1.29 is 38.4 Å². The molecule has 0 spiro atoms. The van der Waals surface area contributed by atoms with Crippen LogP contribution in [0.5, 0.6) is 0 Å². The molecule has 1 atom stereocenters. The number of carboxylic acid groups (broad SMARTS) is 1. The van der Waals surface area contributed by atoms with Crippen molar-refractivity contribution in [1.82, 2.24) is 10.2 Å². The zero-order valence-corrected chi connectivity index (χ0v) is 24.1. The Balaban J connectivity index is 0.00000507. The van der Waals surface area contributed by atoms with Gasteiger partial charge < -0.3 is 20.1 Å². The summed E-state index contributed by atoms with van der Waals surface area (Å²) in [6, 6.07) is 12.3. The van der Waals surface area contributed by atoms with Crippen molar-refractivity contribution in [2.24, 2.45) is 5.92 Å². The normalized spacial score (nSPS) is 14.3. The number of hydrogen-bond donors (Lipinski definition) is 1. The number of carbonyl (C=O) groups excluding carboxylic acids is 3. The van der Waals surface area contributed by atoms with Crippen LogP contribution in [0.25, 0.3) is 11.1 Å². The molecule has 0 aliphatic heterocycles. The molecule has 1 aliphatic carbocycles. The fraction of sp³-hybridized carbons (Fsp3) is 0.500.